The van der Waals surface area contributed by atoms with Gasteiger partial charge in [0.1, 0.15) is 0 Å². The van der Waals surface area contributed by atoms with Gasteiger partial charge in [0, 0.05) is 42.6 Å². The van der Waals surface area contributed by atoms with E-state index in [2.05, 4.69) is 25.1 Å². The molecule has 0 spiro atoms. The number of nitrogens with one attached hydrogen (secondary N) is 2. The quantitative estimate of drug-likeness (QED) is 0.373. The van der Waals surface area contributed by atoms with Crippen LogP contribution in [0.2, 0.25) is 0 Å². The lowest BCUT2D eigenvalue weighted by Gasteiger charge is -2.11. The van der Waals surface area contributed by atoms with E-state index in [0.29, 0.717) is 47.2 Å². The number of pyridine rings is 2. The van der Waals surface area contributed by atoms with E-state index < -0.39 is 22.8 Å². The van der Waals surface area contributed by atoms with Crippen LogP contribution in [-0.2, 0) is 27.8 Å². The molecule has 2 N–H and O–H groups in total. The minimum Gasteiger partial charge on any atom is -0.468 e. The highest BCUT2D eigenvalue weighted by molar-refractivity contribution is 7.88. The van der Waals surface area contributed by atoms with Crippen LogP contribution in [0.1, 0.15) is 23.2 Å². The van der Waals surface area contributed by atoms with Crippen LogP contribution >= 0.6 is 0 Å². The summed E-state index contributed by atoms with van der Waals surface area (Å²) in [5.41, 5.74) is 2.35. The van der Waals surface area contributed by atoms with E-state index in [0.717, 1.165) is 6.26 Å². The van der Waals surface area contributed by atoms with Crippen LogP contribution in [0.15, 0.2) is 30.7 Å². The van der Waals surface area contributed by atoms with Gasteiger partial charge in [-0.2, -0.15) is 18.3 Å². The fourth-order valence-corrected chi connectivity index (χ4v) is 3.77. The normalized spacial score (nSPS) is 12.1. The molecule has 0 saturated carbocycles. The van der Waals surface area contributed by atoms with Crippen molar-refractivity contribution in [2.24, 2.45) is 0 Å². The average molecular weight is 515 g/mol. The lowest BCUT2D eigenvalue weighted by atomic mass is 10.2. The van der Waals surface area contributed by atoms with Crippen molar-refractivity contribution in [3.8, 4) is 5.88 Å². The van der Waals surface area contributed by atoms with Gasteiger partial charge in [-0.05, 0) is 31.0 Å². The maximum absolute atomic E-state index is 12.4. The summed E-state index contributed by atoms with van der Waals surface area (Å²) in [6.07, 6.45) is 1.81. The molecule has 0 unspecified atom stereocenters. The highest BCUT2D eigenvalue weighted by atomic mass is 32.2. The van der Waals surface area contributed by atoms with Crippen LogP contribution in [0.25, 0.3) is 10.9 Å². The van der Waals surface area contributed by atoms with Crippen LogP contribution < -0.4 is 14.8 Å². The monoisotopic (exact) mass is 514 g/mol. The van der Waals surface area contributed by atoms with Crippen molar-refractivity contribution in [1.82, 2.24) is 29.8 Å². The van der Waals surface area contributed by atoms with Crippen molar-refractivity contribution < 1.29 is 31.1 Å². The summed E-state index contributed by atoms with van der Waals surface area (Å²) in [4.78, 5) is 20.6. The highest BCUT2D eigenvalue weighted by Crippen LogP contribution is 2.21. The minimum absolute atomic E-state index is 0.0223. The number of hydrogen-bond acceptors (Lipinski definition) is 7. The van der Waals surface area contributed by atoms with E-state index in [1.165, 1.54) is 6.20 Å². The Labute approximate surface area is 199 Å². The molecule has 3 heterocycles. The second-order valence-electron chi connectivity index (χ2n) is 7.93. The molecule has 0 aliphatic rings. The van der Waals surface area contributed by atoms with E-state index in [4.69, 9.17) is 4.74 Å². The maximum Gasteiger partial charge on any atom is 0.422 e. The molecule has 35 heavy (non-hydrogen) atoms. The number of fused-ring (bicyclic) bond motifs is 1. The van der Waals surface area contributed by atoms with Gasteiger partial charge >= 0.3 is 6.18 Å². The average Bonchev–Trinajstić information content (AvgIpc) is 3.15. The van der Waals surface area contributed by atoms with Crippen LogP contribution in [0.4, 0.5) is 13.2 Å². The zero-order chi connectivity index (χ0) is 25.6. The number of amides is 1. The van der Waals surface area contributed by atoms with Crippen molar-refractivity contribution in [1.29, 1.82) is 0 Å². The van der Waals surface area contributed by atoms with Crippen LogP contribution in [-0.4, -0.2) is 66.2 Å². The number of ether oxygens (including phenoxy) is 1. The Morgan fingerprint density at radius 3 is 2.69 bits per heavy atom. The summed E-state index contributed by atoms with van der Waals surface area (Å²) in [7, 11) is -3.26. The first-order chi connectivity index (χ1) is 16.4. The molecule has 0 fully saturated rings. The van der Waals surface area contributed by atoms with E-state index in [1.54, 1.807) is 36.1 Å². The van der Waals surface area contributed by atoms with Gasteiger partial charge in [-0.15, -0.1) is 0 Å². The zero-order valence-electron chi connectivity index (χ0n) is 19.1. The molecule has 0 saturated heterocycles. The molecule has 0 aromatic carbocycles. The summed E-state index contributed by atoms with van der Waals surface area (Å²) in [6.45, 7) is 1.04. The zero-order valence-corrected chi connectivity index (χ0v) is 19.9. The Morgan fingerprint density at radius 2 is 2.00 bits per heavy atom. The third kappa shape index (κ3) is 8.47. The topological polar surface area (TPSA) is 128 Å². The molecule has 3 rings (SSSR count). The van der Waals surface area contributed by atoms with E-state index in [9.17, 15) is 26.4 Å². The fraction of sp³-hybridized carbons (Fsp3) is 0.429. The van der Waals surface area contributed by atoms with Gasteiger partial charge in [-0.1, -0.05) is 0 Å². The van der Waals surface area contributed by atoms with Crippen molar-refractivity contribution in [3.05, 3.63) is 47.5 Å². The van der Waals surface area contributed by atoms with Gasteiger partial charge in [-0.3, -0.25) is 14.5 Å². The predicted octanol–water partition coefficient (Wildman–Crippen LogP) is 1.72. The number of carbonyl (C=O) groups excluding carboxylic acids is 1. The molecule has 1 amide bonds. The smallest absolute Gasteiger partial charge is 0.422 e. The fourth-order valence-electron chi connectivity index (χ4n) is 3.25. The Balaban J connectivity index is 1.61. The van der Waals surface area contributed by atoms with Crippen molar-refractivity contribution in [3.63, 3.8) is 0 Å². The first kappa shape index (κ1) is 26.3. The number of nitrogens with zero attached hydrogens (tertiary/aromatic N) is 4. The second-order valence-corrected chi connectivity index (χ2v) is 9.77. The molecular weight excluding hydrogens is 489 g/mol. The number of halogens is 3. The molecule has 3 aromatic heterocycles. The molecule has 0 aliphatic carbocycles. The van der Waals surface area contributed by atoms with E-state index in [-0.39, 0.29) is 24.8 Å². The van der Waals surface area contributed by atoms with Gasteiger partial charge < -0.3 is 10.1 Å². The Morgan fingerprint density at radius 1 is 1.23 bits per heavy atom. The molecule has 3 aromatic rings. The SMILES string of the molecule is Cc1cc(Cn2cc3c(CC(=O)NCCCNS(C)(=O)=O)nccc3n2)cnc1OCC(F)(F)F. The number of sulfonamides is 1. The molecule has 0 bridgehead atoms. The van der Waals surface area contributed by atoms with Crippen LogP contribution in [0, 0.1) is 6.92 Å². The van der Waals surface area contributed by atoms with Gasteiger partial charge in [0.05, 0.1) is 30.4 Å². The van der Waals surface area contributed by atoms with Gasteiger partial charge in [0.2, 0.25) is 21.8 Å². The van der Waals surface area contributed by atoms with E-state index >= 15 is 0 Å². The Hall–Kier alpha value is -3.26. The molecule has 10 nitrogen and oxygen atoms in total. The summed E-state index contributed by atoms with van der Waals surface area (Å²) < 4.78 is 67.9. The second kappa shape index (κ2) is 11.0. The third-order valence-corrected chi connectivity index (χ3v) is 5.46. The molecule has 14 heteroatoms. The van der Waals surface area contributed by atoms with Crippen LogP contribution in [0.5, 0.6) is 5.88 Å². The first-order valence-corrected chi connectivity index (χ1v) is 12.5. The highest BCUT2D eigenvalue weighted by Gasteiger charge is 2.29. The molecule has 0 atom stereocenters. The first-order valence-electron chi connectivity index (χ1n) is 10.6. The number of carbonyl (C=O) groups is 1. The number of rotatable bonds is 11. The van der Waals surface area contributed by atoms with Gasteiger partial charge in [-0.25, -0.2) is 18.1 Å². The molecule has 190 valence electrons. The lowest BCUT2D eigenvalue weighted by Crippen LogP contribution is -2.30. The summed E-state index contributed by atoms with van der Waals surface area (Å²) >= 11 is 0. The van der Waals surface area contributed by atoms with Crippen LogP contribution in [0.3, 0.4) is 0 Å². The number of aryl methyl sites for hydroxylation is 1. The van der Waals surface area contributed by atoms with E-state index in [1.807, 2.05) is 0 Å². The Bertz CT molecular complexity index is 1290. The molecule has 0 radical (unpaired) electrons. The third-order valence-electron chi connectivity index (χ3n) is 4.74. The standard InChI is InChI=1S/C21H25F3N6O4S/c1-14-8-15(10-27-20(14)34-13-21(22,23)24)11-30-12-16-17(29-30)4-7-25-18(16)9-19(31)26-5-3-6-28-35(2,32)33/h4,7-8,10,12,28H,3,5-6,9,11,13H2,1-2H3,(H,26,31). The van der Waals surface area contributed by atoms with Crippen molar-refractivity contribution in [2.75, 3.05) is 26.0 Å². The Kier molecular flexibility index (Phi) is 8.27. The number of alkyl halides is 3. The largest absolute Gasteiger partial charge is 0.468 e. The maximum atomic E-state index is 12.4. The van der Waals surface area contributed by atoms with Gasteiger partial charge in [0.25, 0.3) is 0 Å². The summed E-state index contributed by atoms with van der Waals surface area (Å²) in [5, 5.41) is 7.90. The summed E-state index contributed by atoms with van der Waals surface area (Å²) in [6, 6.07) is 3.39. The van der Waals surface area contributed by atoms with Gasteiger partial charge in [0.15, 0.2) is 6.61 Å². The number of aromatic nitrogens is 4. The minimum atomic E-state index is -4.44. The molecular formula is C21H25F3N6O4S. The van der Waals surface area contributed by atoms with Crippen molar-refractivity contribution >= 4 is 26.8 Å². The summed E-state index contributed by atoms with van der Waals surface area (Å²) in [5.74, 6) is -0.340. The lowest BCUT2D eigenvalue weighted by molar-refractivity contribution is -0.154. The molecule has 0 aliphatic heterocycles. The predicted molar refractivity (Wildman–Crippen MR) is 121 cm³/mol. The number of hydrogen-bond donors (Lipinski definition) is 2. The van der Waals surface area contributed by atoms with Crippen molar-refractivity contribution in [2.45, 2.75) is 32.5 Å².